The molecule has 1 saturated carbocycles. The van der Waals surface area contributed by atoms with Gasteiger partial charge in [-0.1, -0.05) is 39.0 Å². The third-order valence-corrected chi connectivity index (χ3v) is 3.53. The van der Waals surface area contributed by atoms with E-state index in [1.165, 1.54) is 51.4 Å². The summed E-state index contributed by atoms with van der Waals surface area (Å²) in [5.41, 5.74) is 0. The van der Waals surface area contributed by atoms with Crippen LogP contribution in [-0.4, -0.2) is 13.1 Å². The lowest BCUT2D eigenvalue weighted by Gasteiger charge is -2.27. The second-order valence-electron chi connectivity index (χ2n) is 4.41. The lowest BCUT2D eigenvalue weighted by Crippen LogP contribution is -2.33. The predicted molar refractivity (Wildman–Crippen MR) is 58.9 cm³/mol. The van der Waals surface area contributed by atoms with Crippen LogP contribution in [0.5, 0.6) is 0 Å². The predicted octanol–water partition coefficient (Wildman–Crippen LogP) is 3.34. The quantitative estimate of drug-likeness (QED) is 0.707. The first-order valence-electron chi connectivity index (χ1n) is 6.05. The second-order valence-corrected chi connectivity index (χ2v) is 4.41. The van der Waals surface area contributed by atoms with E-state index in [2.05, 4.69) is 19.3 Å². The standard InChI is InChI=1S/C12H25N/c1-3-12(13-2)11-9-7-5-4-6-8-10-11/h11-13H,3-10H2,1-2H3. The number of nitrogens with one attached hydrogen (secondary N) is 1. The lowest BCUT2D eigenvalue weighted by atomic mass is 9.85. The number of hydrogen-bond acceptors (Lipinski definition) is 1. The van der Waals surface area contributed by atoms with Gasteiger partial charge in [0.1, 0.15) is 0 Å². The fourth-order valence-electron chi connectivity index (χ4n) is 2.66. The Morgan fingerprint density at radius 3 is 2.08 bits per heavy atom. The van der Waals surface area contributed by atoms with Crippen LogP contribution >= 0.6 is 0 Å². The zero-order valence-corrected chi connectivity index (χ0v) is 9.31. The molecule has 0 aromatic carbocycles. The van der Waals surface area contributed by atoms with Gasteiger partial charge in [0.2, 0.25) is 0 Å². The minimum atomic E-state index is 0.776. The van der Waals surface area contributed by atoms with Crippen molar-refractivity contribution in [3.8, 4) is 0 Å². The highest BCUT2D eigenvalue weighted by atomic mass is 14.9. The second kappa shape index (κ2) is 6.42. The molecular weight excluding hydrogens is 158 g/mol. The molecule has 0 heterocycles. The fourth-order valence-corrected chi connectivity index (χ4v) is 2.66. The van der Waals surface area contributed by atoms with Gasteiger partial charge in [0, 0.05) is 6.04 Å². The van der Waals surface area contributed by atoms with Crippen molar-refractivity contribution in [2.24, 2.45) is 5.92 Å². The molecule has 1 heteroatoms. The van der Waals surface area contributed by atoms with Crippen LogP contribution in [0.25, 0.3) is 0 Å². The first kappa shape index (κ1) is 11.0. The SMILES string of the molecule is CCC(NC)C1CCCCCCC1. The smallest absolute Gasteiger partial charge is 0.00897 e. The molecule has 0 aromatic rings. The largest absolute Gasteiger partial charge is 0.317 e. The average Bonchev–Trinajstić information content (AvgIpc) is 2.09. The van der Waals surface area contributed by atoms with Gasteiger partial charge in [-0.15, -0.1) is 0 Å². The molecule has 0 amide bonds. The maximum Gasteiger partial charge on any atom is 0.00897 e. The number of hydrogen-bond donors (Lipinski definition) is 1. The van der Waals surface area contributed by atoms with Gasteiger partial charge < -0.3 is 5.32 Å². The maximum absolute atomic E-state index is 3.47. The van der Waals surface area contributed by atoms with Crippen LogP contribution in [0.15, 0.2) is 0 Å². The zero-order valence-electron chi connectivity index (χ0n) is 9.31. The summed E-state index contributed by atoms with van der Waals surface area (Å²) in [5, 5.41) is 3.47. The molecule has 1 unspecified atom stereocenters. The van der Waals surface area contributed by atoms with Gasteiger partial charge in [0.15, 0.2) is 0 Å². The van der Waals surface area contributed by atoms with Crippen molar-refractivity contribution in [1.29, 1.82) is 0 Å². The van der Waals surface area contributed by atoms with Crippen molar-refractivity contribution >= 4 is 0 Å². The molecule has 0 saturated heterocycles. The summed E-state index contributed by atoms with van der Waals surface area (Å²) in [5.74, 6) is 0.954. The minimum Gasteiger partial charge on any atom is -0.317 e. The Hall–Kier alpha value is -0.0400. The topological polar surface area (TPSA) is 12.0 Å². The molecule has 1 nitrogen and oxygen atoms in total. The van der Waals surface area contributed by atoms with E-state index in [1.54, 1.807) is 0 Å². The molecule has 0 spiro atoms. The van der Waals surface area contributed by atoms with Crippen LogP contribution in [0.3, 0.4) is 0 Å². The average molecular weight is 183 g/mol. The zero-order chi connectivity index (χ0) is 9.52. The van der Waals surface area contributed by atoms with Crippen molar-refractivity contribution in [3.05, 3.63) is 0 Å². The summed E-state index contributed by atoms with van der Waals surface area (Å²) >= 11 is 0. The van der Waals surface area contributed by atoms with Gasteiger partial charge in [-0.3, -0.25) is 0 Å². The van der Waals surface area contributed by atoms with Gasteiger partial charge in [-0.25, -0.2) is 0 Å². The van der Waals surface area contributed by atoms with Crippen LogP contribution in [0.1, 0.15) is 58.3 Å². The van der Waals surface area contributed by atoms with Crippen LogP contribution in [0.2, 0.25) is 0 Å². The van der Waals surface area contributed by atoms with Crippen LogP contribution in [0, 0.1) is 5.92 Å². The summed E-state index contributed by atoms with van der Waals surface area (Å²) < 4.78 is 0. The van der Waals surface area contributed by atoms with Crippen molar-refractivity contribution in [2.45, 2.75) is 64.3 Å². The van der Waals surface area contributed by atoms with E-state index in [1.807, 2.05) is 0 Å². The molecule has 1 aliphatic carbocycles. The Morgan fingerprint density at radius 2 is 1.62 bits per heavy atom. The summed E-state index contributed by atoms with van der Waals surface area (Å²) in [6.07, 6.45) is 11.5. The van der Waals surface area contributed by atoms with E-state index in [9.17, 15) is 0 Å². The molecule has 13 heavy (non-hydrogen) atoms. The summed E-state index contributed by atoms with van der Waals surface area (Å²) in [6.45, 7) is 2.31. The molecule has 1 atom stereocenters. The van der Waals surface area contributed by atoms with Gasteiger partial charge in [-0.05, 0) is 32.2 Å². The monoisotopic (exact) mass is 183 g/mol. The third-order valence-electron chi connectivity index (χ3n) is 3.53. The lowest BCUT2D eigenvalue weighted by molar-refractivity contribution is 0.290. The molecule has 78 valence electrons. The molecule has 0 aliphatic heterocycles. The van der Waals surface area contributed by atoms with E-state index >= 15 is 0 Å². The normalized spacial score (nSPS) is 23.5. The van der Waals surface area contributed by atoms with E-state index in [-0.39, 0.29) is 0 Å². The highest BCUT2D eigenvalue weighted by Gasteiger charge is 2.18. The van der Waals surface area contributed by atoms with Crippen molar-refractivity contribution in [3.63, 3.8) is 0 Å². The Kier molecular flexibility index (Phi) is 5.45. The summed E-state index contributed by atoms with van der Waals surface area (Å²) in [7, 11) is 2.12. The van der Waals surface area contributed by atoms with E-state index < -0.39 is 0 Å². The molecule has 1 N–H and O–H groups in total. The van der Waals surface area contributed by atoms with Gasteiger partial charge in [-0.2, -0.15) is 0 Å². The summed E-state index contributed by atoms with van der Waals surface area (Å²) in [6, 6.07) is 0.776. The fraction of sp³-hybridized carbons (Fsp3) is 1.00. The van der Waals surface area contributed by atoms with Crippen molar-refractivity contribution < 1.29 is 0 Å². The van der Waals surface area contributed by atoms with E-state index in [4.69, 9.17) is 0 Å². The Balaban J connectivity index is 2.35. The molecule has 1 fully saturated rings. The Labute approximate surface area is 83.3 Å². The van der Waals surface area contributed by atoms with Gasteiger partial charge in [0.25, 0.3) is 0 Å². The first-order valence-corrected chi connectivity index (χ1v) is 6.05. The molecule has 0 aromatic heterocycles. The molecule has 0 bridgehead atoms. The molecule has 1 aliphatic rings. The van der Waals surface area contributed by atoms with Gasteiger partial charge >= 0.3 is 0 Å². The Morgan fingerprint density at radius 1 is 1.08 bits per heavy atom. The molecule has 1 rings (SSSR count). The van der Waals surface area contributed by atoms with Crippen molar-refractivity contribution in [1.82, 2.24) is 5.32 Å². The maximum atomic E-state index is 3.47. The first-order chi connectivity index (χ1) is 6.38. The van der Waals surface area contributed by atoms with E-state index in [0.29, 0.717) is 0 Å². The molecule has 0 radical (unpaired) electrons. The van der Waals surface area contributed by atoms with E-state index in [0.717, 1.165) is 12.0 Å². The minimum absolute atomic E-state index is 0.776. The van der Waals surface area contributed by atoms with Gasteiger partial charge in [0.05, 0.1) is 0 Å². The van der Waals surface area contributed by atoms with Crippen LogP contribution in [-0.2, 0) is 0 Å². The third kappa shape index (κ3) is 3.68. The number of rotatable bonds is 3. The van der Waals surface area contributed by atoms with Crippen LogP contribution in [0.4, 0.5) is 0 Å². The highest BCUT2D eigenvalue weighted by molar-refractivity contribution is 4.75. The Bertz CT molecular complexity index is 110. The molecular formula is C12H25N. The van der Waals surface area contributed by atoms with Crippen molar-refractivity contribution in [2.75, 3.05) is 7.05 Å². The highest BCUT2D eigenvalue weighted by Crippen LogP contribution is 2.25. The summed E-state index contributed by atoms with van der Waals surface area (Å²) in [4.78, 5) is 0. The van der Waals surface area contributed by atoms with Crippen LogP contribution < -0.4 is 5.32 Å².